The second kappa shape index (κ2) is 9.88. The van der Waals surface area contributed by atoms with Gasteiger partial charge in [-0.05, 0) is 59.9 Å². The van der Waals surface area contributed by atoms with Crippen molar-refractivity contribution in [3.05, 3.63) is 55.7 Å². The molecule has 0 saturated carbocycles. The number of carbonyl (C=O) groups is 1. The molecule has 2 aromatic rings. The molecule has 2 aliphatic rings. The molecular formula is C22H27Cl2N3O2S. The van der Waals surface area contributed by atoms with Crippen molar-refractivity contribution in [2.24, 2.45) is 5.92 Å². The number of rotatable bonds is 5. The highest BCUT2D eigenvalue weighted by Crippen LogP contribution is 2.34. The molecular weight excluding hydrogens is 441 g/mol. The summed E-state index contributed by atoms with van der Waals surface area (Å²) in [5.41, 5.74) is 2.33. The summed E-state index contributed by atoms with van der Waals surface area (Å²) in [6.45, 7) is 3.70. The summed E-state index contributed by atoms with van der Waals surface area (Å²) in [7, 11) is 0. The Hall–Kier alpha value is -1.31. The first-order valence-corrected chi connectivity index (χ1v) is 12.1. The first-order valence-electron chi connectivity index (χ1n) is 10.4. The Balaban J connectivity index is 1.50. The van der Waals surface area contributed by atoms with Gasteiger partial charge in [0.1, 0.15) is 0 Å². The van der Waals surface area contributed by atoms with E-state index in [0.717, 1.165) is 44.5 Å². The fraction of sp³-hybridized carbons (Fsp3) is 0.500. The Kier molecular flexibility index (Phi) is 7.21. The predicted molar refractivity (Wildman–Crippen MR) is 122 cm³/mol. The molecule has 30 heavy (non-hydrogen) atoms. The highest BCUT2D eigenvalue weighted by atomic mass is 35.5. The number of hydrogen-bond acceptors (Lipinski definition) is 4. The van der Waals surface area contributed by atoms with Crippen molar-refractivity contribution in [3.63, 3.8) is 0 Å². The number of hydrogen-bond donors (Lipinski definition) is 2. The predicted octanol–water partition coefficient (Wildman–Crippen LogP) is 4.57. The Morgan fingerprint density at radius 1 is 1.30 bits per heavy atom. The summed E-state index contributed by atoms with van der Waals surface area (Å²) in [5.74, 6) is 0.171. The Labute approximate surface area is 191 Å². The molecule has 8 heteroatoms. The number of benzene rings is 1. The summed E-state index contributed by atoms with van der Waals surface area (Å²) in [6.07, 6.45) is 2.91. The molecule has 1 aromatic carbocycles. The second-order valence-electron chi connectivity index (χ2n) is 8.09. The molecule has 1 fully saturated rings. The number of aliphatic hydroxyl groups is 1. The Bertz CT molecular complexity index is 891. The van der Waals surface area contributed by atoms with Crippen LogP contribution in [0, 0.1) is 5.92 Å². The quantitative estimate of drug-likeness (QED) is 0.676. The molecule has 0 radical (unpaired) electrons. The first-order chi connectivity index (χ1) is 14.5. The van der Waals surface area contributed by atoms with Gasteiger partial charge in [0.05, 0.1) is 6.04 Å². The maximum Gasteiger partial charge on any atom is 0.317 e. The van der Waals surface area contributed by atoms with Crippen molar-refractivity contribution < 1.29 is 9.90 Å². The third kappa shape index (κ3) is 4.94. The zero-order chi connectivity index (χ0) is 21.1. The standard InChI is InChI=1S/C22H27Cl2N3O2S/c23-17-3-4-18(19(24)10-17)20(26-8-5-21-16(13-26)6-9-30-21)11-25-22(29)27-7-1-2-15(12-27)14-28/h3-4,6,9-10,15,20,28H,1-2,5,7-8,11-14H2,(H,25,29)/t15-,20+/m0/s1. The summed E-state index contributed by atoms with van der Waals surface area (Å²) in [6, 6.07) is 7.67. The summed E-state index contributed by atoms with van der Waals surface area (Å²) in [4.78, 5) is 18.5. The van der Waals surface area contributed by atoms with E-state index in [9.17, 15) is 9.90 Å². The number of urea groups is 1. The van der Waals surface area contributed by atoms with Crippen LogP contribution in [0.2, 0.25) is 10.0 Å². The SMILES string of the molecule is O=C(NC[C@H](c1ccc(Cl)cc1Cl)N1CCc2sccc2C1)N1CCC[C@H](CO)C1. The molecule has 0 bridgehead atoms. The second-order valence-corrected chi connectivity index (χ2v) is 9.94. The molecule has 4 rings (SSSR count). The lowest BCUT2D eigenvalue weighted by molar-refractivity contribution is 0.125. The molecule has 0 spiro atoms. The van der Waals surface area contributed by atoms with Crippen LogP contribution in [0.15, 0.2) is 29.6 Å². The highest BCUT2D eigenvalue weighted by Gasteiger charge is 2.29. The van der Waals surface area contributed by atoms with Gasteiger partial charge in [0.15, 0.2) is 0 Å². The zero-order valence-electron chi connectivity index (χ0n) is 16.8. The van der Waals surface area contributed by atoms with E-state index in [1.165, 1.54) is 10.4 Å². The van der Waals surface area contributed by atoms with Gasteiger partial charge in [0.25, 0.3) is 0 Å². The largest absolute Gasteiger partial charge is 0.396 e. The minimum Gasteiger partial charge on any atom is -0.396 e. The molecule has 0 aliphatic carbocycles. The highest BCUT2D eigenvalue weighted by molar-refractivity contribution is 7.10. The van der Waals surface area contributed by atoms with Crippen molar-refractivity contribution in [3.8, 4) is 0 Å². The van der Waals surface area contributed by atoms with Gasteiger partial charge in [-0.3, -0.25) is 4.90 Å². The van der Waals surface area contributed by atoms with Crippen LogP contribution in [0.25, 0.3) is 0 Å². The van der Waals surface area contributed by atoms with E-state index in [-0.39, 0.29) is 24.6 Å². The van der Waals surface area contributed by atoms with Gasteiger partial charge < -0.3 is 15.3 Å². The van der Waals surface area contributed by atoms with Crippen LogP contribution in [-0.2, 0) is 13.0 Å². The summed E-state index contributed by atoms with van der Waals surface area (Å²) >= 11 is 14.5. The monoisotopic (exact) mass is 467 g/mol. The fourth-order valence-corrected chi connectivity index (χ4v) is 5.86. The van der Waals surface area contributed by atoms with E-state index in [4.69, 9.17) is 23.2 Å². The van der Waals surface area contributed by atoms with Crippen LogP contribution in [0.1, 0.15) is 34.9 Å². The van der Waals surface area contributed by atoms with Crippen LogP contribution < -0.4 is 5.32 Å². The number of piperidine rings is 1. The van der Waals surface area contributed by atoms with Crippen molar-refractivity contribution >= 4 is 40.6 Å². The number of aliphatic hydroxyl groups excluding tert-OH is 1. The first kappa shape index (κ1) is 21.9. The van der Waals surface area contributed by atoms with Gasteiger partial charge in [-0.15, -0.1) is 11.3 Å². The lowest BCUT2D eigenvalue weighted by Gasteiger charge is -2.37. The maximum atomic E-state index is 12.8. The Morgan fingerprint density at radius 3 is 2.97 bits per heavy atom. The average Bonchev–Trinajstić information content (AvgIpc) is 3.23. The van der Waals surface area contributed by atoms with Gasteiger partial charge in [-0.2, -0.15) is 0 Å². The molecule has 1 aromatic heterocycles. The lowest BCUT2D eigenvalue weighted by Crippen LogP contribution is -2.48. The number of halogens is 2. The third-order valence-corrected chi connectivity index (χ3v) is 7.70. The van der Waals surface area contributed by atoms with Crippen LogP contribution in [-0.4, -0.2) is 53.7 Å². The summed E-state index contributed by atoms with van der Waals surface area (Å²) < 4.78 is 0. The van der Waals surface area contributed by atoms with Gasteiger partial charge in [0.2, 0.25) is 0 Å². The van der Waals surface area contributed by atoms with E-state index < -0.39 is 0 Å². The lowest BCUT2D eigenvalue weighted by atomic mass is 9.99. The van der Waals surface area contributed by atoms with E-state index in [2.05, 4.69) is 21.7 Å². The third-order valence-electron chi connectivity index (χ3n) is 6.11. The number of likely N-dealkylation sites (tertiary alicyclic amines) is 1. The van der Waals surface area contributed by atoms with E-state index in [1.54, 1.807) is 6.07 Å². The molecule has 5 nitrogen and oxygen atoms in total. The van der Waals surface area contributed by atoms with Crippen molar-refractivity contribution in [1.29, 1.82) is 0 Å². The molecule has 2 atom stereocenters. The molecule has 1 saturated heterocycles. The van der Waals surface area contributed by atoms with Crippen LogP contribution in [0.4, 0.5) is 4.79 Å². The van der Waals surface area contributed by atoms with Crippen LogP contribution in [0.3, 0.4) is 0 Å². The van der Waals surface area contributed by atoms with Crippen molar-refractivity contribution in [2.75, 3.05) is 32.8 Å². The molecule has 2 aliphatic heterocycles. The van der Waals surface area contributed by atoms with E-state index >= 15 is 0 Å². The Morgan fingerprint density at radius 2 is 2.17 bits per heavy atom. The molecule has 2 amide bonds. The average molecular weight is 468 g/mol. The number of fused-ring (bicyclic) bond motifs is 1. The van der Waals surface area contributed by atoms with E-state index in [0.29, 0.717) is 23.1 Å². The van der Waals surface area contributed by atoms with Crippen molar-refractivity contribution in [2.45, 2.75) is 31.8 Å². The number of carbonyl (C=O) groups excluding carboxylic acids is 1. The number of thiophene rings is 1. The molecule has 2 N–H and O–H groups in total. The van der Waals surface area contributed by atoms with Gasteiger partial charge in [0, 0.05) is 54.3 Å². The summed E-state index contributed by atoms with van der Waals surface area (Å²) in [5, 5.41) is 16.0. The molecule has 3 heterocycles. The van der Waals surface area contributed by atoms with Gasteiger partial charge in [-0.25, -0.2) is 4.79 Å². The molecule has 0 unspecified atom stereocenters. The van der Waals surface area contributed by atoms with Gasteiger partial charge in [-0.1, -0.05) is 29.3 Å². The topological polar surface area (TPSA) is 55.8 Å². The van der Waals surface area contributed by atoms with Crippen LogP contribution >= 0.6 is 34.5 Å². The number of amides is 2. The minimum atomic E-state index is -0.0727. The number of nitrogens with zero attached hydrogens (tertiary/aromatic N) is 2. The van der Waals surface area contributed by atoms with Crippen molar-refractivity contribution in [1.82, 2.24) is 15.1 Å². The zero-order valence-corrected chi connectivity index (χ0v) is 19.1. The minimum absolute atomic E-state index is 0.0369. The number of nitrogens with one attached hydrogen (secondary N) is 1. The fourth-order valence-electron chi connectivity index (χ4n) is 4.44. The normalized spacial score (nSPS) is 20.6. The van der Waals surface area contributed by atoms with Gasteiger partial charge >= 0.3 is 6.03 Å². The molecule has 162 valence electrons. The van der Waals surface area contributed by atoms with Crippen LogP contribution in [0.5, 0.6) is 0 Å². The van der Waals surface area contributed by atoms with E-state index in [1.807, 2.05) is 28.4 Å². The smallest absolute Gasteiger partial charge is 0.317 e. The maximum absolute atomic E-state index is 12.8.